The van der Waals surface area contributed by atoms with E-state index >= 15 is 0 Å². The summed E-state index contributed by atoms with van der Waals surface area (Å²) in [5.74, 6) is -0.802. The molecule has 96 valence electrons. The SMILES string of the molecule is CC(=O)O[C@H]1[C@H](OC(C)=O)[C@@H](Br)C(I)=C[C@@H]1Br. The summed E-state index contributed by atoms with van der Waals surface area (Å²) in [4.78, 5) is 21.8. The second-order valence-corrected chi connectivity index (χ2v) is 6.84. The Hall–Kier alpha value is 0.370. The van der Waals surface area contributed by atoms with E-state index in [9.17, 15) is 9.59 Å². The summed E-state index contributed by atoms with van der Waals surface area (Å²) in [6.45, 7) is 2.66. The third kappa shape index (κ3) is 4.20. The van der Waals surface area contributed by atoms with Crippen LogP contribution in [-0.4, -0.2) is 33.8 Å². The van der Waals surface area contributed by atoms with E-state index < -0.39 is 24.1 Å². The molecule has 0 fully saturated rings. The van der Waals surface area contributed by atoms with Crippen molar-refractivity contribution in [3.63, 3.8) is 0 Å². The molecule has 0 aromatic rings. The topological polar surface area (TPSA) is 52.6 Å². The van der Waals surface area contributed by atoms with Gasteiger partial charge in [0, 0.05) is 17.4 Å². The fourth-order valence-corrected chi connectivity index (χ4v) is 3.98. The van der Waals surface area contributed by atoms with Crippen molar-refractivity contribution in [1.29, 1.82) is 0 Å². The van der Waals surface area contributed by atoms with Gasteiger partial charge in [-0.05, 0) is 22.6 Å². The minimum absolute atomic E-state index is 0.162. The van der Waals surface area contributed by atoms with Crippen LogP contribution in [0.2, 0.25) is 0 Å². The van der Waals surface area contributed by atoms with Gasteiger partial charge in [0.15, 0.2) is 12.2 Å². The molecule has 17 heavy (non-hydrogen) atoms. The molecule has 0 saturated carbocycles. The summed E-state index contributed by atoms with van der Waals surface area (Å²) in [7, 11) is 0. The molecular formula is C10H11Br2IO4. The monoisotopic (exact) mass is 480 g/mol. The second kappa shape index (κ2) is 6.51. The standard InChI is InChI=1S/C10H11Br2IO4/c1-4(14)16-9-6(11)3-7(13)8(12)10(9)17-5(2)15/h3,6,8-10H,1-2H3/t6-,8-,9+,10+/m0/s1. The quantitative estimate of drug-likeness (QED) is 0.346. The van der Waals surface area contributed by atoms with Crippen LogP contribution in [0.5, 0.6) is 0 Å². The number of alkyl halides is 2. The molecule has 0 aromatic heterocycles. The number of ether oxygens (including phenoxy) is 2. The molecule has 0 heterocycles. The minimum atomic E-state index is -0.530. The first kappa shape index (κ1) is 15.4. The molecule has 7 heteroatoms. The molecule has 0 spiro atoms. The van der Waals surface area contributed by atoms with Crippen molar-refractivity contribution in [2.45, 2.75) is 35.7 Å². The first-order valence-corrected chi connectivity index (χ1v) is 7.73. The van der Waals surface area contributed by atoms with Crippen LogP contribution in [0.3, 0.4) is 0 Å². The smallest absolute Gasteiger partial charge is 0.303 e. The Morgan fingerprint density at radius 1 is 1.18 bits per heavy atom. The fourth-order valence-electron chi connectivity index (χ4n) is 1.49. The molecule has 0 unspecified atom stereocenters. The fraction of sp³-hybridized carbons (Fsp3) is 0.600. The number of carbonyl (C=O) groups is 2. The normalized spacial score (nSPS) is 32.6. The number of esters is 2. The van der Waals surface area contributed by atoms with Gasteiger partial charge in [0.2, 0.25) is 0 Å². The van der Waals surface area contributed by atoms with Gasteiger partial charge in [-0.2, -0.15) is 0 Å². The van der Waals surface area contributed by atoms with Gasteiger partial charge >= 0.3 is 11.9 Å². The second-order valence-electron chi connectivity index (χ2n) is 3.55. The summed E-state index contributed by atoms with van der Waals surface area (Å²) in [5.41, 5.74) is 0. The van der Waals surface area contributed by atoms with Gasteiger partial charge in [-0.25, -0.2) is 0 Å². The van der Waals surface area contributed by atoms with Crippen LogP contribution in [0.15, 0.2) is 9.66 Å². The van der Waals surface area contributed by atoms with E-state index in [0.29, 0.717) is 0 Å². The largest absolute Gasteiger partial charge is 0.457 e. The maximum Gasteiger partial charge on any atom is 0.303 e. The summed E-state index contributed by atoms with van der Waals surface area (Å²) in [5, 5.41) is 0. The Balaban J connectivity index is 2.95. The van der Waals surface area contributed by atoms with E-state index in [1.807, 2.05) is 6.08 Å². The molecule has 0 aromatic carbocycles. The highest BCUT2D eigenvalue weighted by Gasteiger charge is 2.42. The van der Waals surface area contributed by atoms with E-state index in [4.69, 9.17) is 9.47 Å². The zero-order valence-corrected chi connectivity index (χ0v) is 14.5. The van der Waals surface area contributed by atoms with Gasteiger partial charge in [0.25, 0.3) is 0 Å². The average Bonchev–Trinajstić information content (AvgIpc) is 2.19. The lowest BCUT2D eigenvalue weighted by Crippen LogP contribution is -2.48. The molecule has 0 saturated heterocycles. The van der Waals surface area contributed by atoms with Gasteiger partial charge in [0.1, 0.15) is 0 Å². The maximum atomic E-state index is 11.1. The molecule has 0 amide bonds. The third-order valence-electron chi connectivity index (χ3n) is 2.11. The molecule has 1 aliphatic carbocycles. The Bertz CT molecular complexity index is 358. The summed E-state index contributed by atoms with van der Waals surface area (Å²) < 4.78 is 11.4. The predicted molar refractivity (Wildman–Crippen MR) is 78.6 cm³/mol. The predicted octanol–water partition coefficient (Wildman–Crippen LogP) is 2.71. The third-order valence-corrected chi connectivity index (χ3v) is 5.80. The summed E-state index contributed by atoms with van der Waals surface area (Å²) in [6.07, 6.45) is 0.866. The van der Waals surface area contributed by atoms with Crippen LogP contribution in [-0.2, 0) is 19.1 Å². The lowest BCUT2D eigenvalue weighted by Gasteiger charge is -2.35. The lowest BCUT2D eigenvalue weighted by molar-refractivity contribution is -0.164. The first-order valence-electron chi connectivity index (χ1n) is 4.82. The minimum Gasteiger partial charge on any atom is -0.457 e. The van der Waals surface area contributed by atoms with Crippen LogP contribution in [0, 0.1) is 0 Å². The van der Waals surface area contributed by atoms with Crippen molar-refractivity contribution in [2.75, 3.05) is 0 Å². The number of hydrogen-bond donors (Lipinski definition) is 0. The van der Waals surface area contributed by atoms with Crippen LogP contribution in [0.1, 0.15) is 13.8 Å². The number of rotatable bonds is 2. The van der Waals surface area contributed by atoms with E-state index in [2.05, 4.69) is 54.5 Å². The van der Waals surface area contributed by atoms with Crippen molar-refractivity contribution >= 4 is 66.4 Å². The molecule has 4 nitrogen and oxygen atoms in total. The summed E-state index contributed by atoms with van der Waals surface area (Å²) >= 11 is 9.01. The Kier molecular flexibility index (Phi) is 5.91. The van der Waals surface area contributed by atoms with Crippen molar-refractivity contribution in [2.24, 2.45) is 0 Å². The van der Waals surface area contributed by atoms with Crippen molar-refractivity contribution in [3.8, 4) is 0 Å². The lowest BCUT2D eigenvalue weighted by atomic mass is 10.0. The maximum absolute atomic E-state index is 11.1. The molecule has 0 aliphatic heterocycles. The zero-order valence-electron chi connectivity index (χ0n) is 9.15. The highest BCUT2D eigenvalue weighted by molar-refractivity contribution is 14.1. The molecule has 0 N–H and O–H groups in total. The van der Waals surface area contributed by atoms with E-state index in [1.54, 1.807) is 0 Å². The van der Waals surface area contributed by atoms with Crippen molar-refractivity contribution in [3.05, 3.63) is 9.66 Å². The zero-order chi connectivity index (χ0) is 13.2. The molecule has 0 bridgehead atoms. The van der Waals surface area contributed by atoms with Crippen LogP contribution in [0.4, 0.5) is 0 Å². The van der Waals surface area contributed by atoms with E-state index in [0.717, 1.165) is 3.58 Å². The molecule has 0 radical (unpaired) electrons. The Morgan fingerprint density at radius 3 is 2.12 bits per heavy atom. The van der Waals surface area contributed by atoms with E-state index in [1.165, 1.54) is 13.8 Å². The molecule has 1 rings (SSSR count). The van der Waals surface area contributed by atoms with Gasteiger partial charge in [-0.1, -0.05) is 37.9 Å². The van der Waals surface area contributed by atoms with Gasteiger partial charge in [-0.3, -0.25) is 9.59 Å². The Morgan fingerprint density at radius 2 is 1.65 bits per heavy atom. The van der Waals surface area contributed by atoms with Crippen LogP contribution >= 0.6 is 54.5 Å². The molecule has 4 atom stereocenters. The number of halogens is 3. The van der Waals surface area contributed by atoms with Crippen LogP contribution in [0.25, 0.3) is 0 Å². The average molecular weight is 482 g/mol. The van der Waals surface area contributed by atoms with Crippen LogP contribution < -0.4 is 0 Å². The van der Waals surface area contributed by atoms with Crippen molar-refractivity contribution < 1.29 is 19.1 Å². The number of hydrogen-bond acceptors (Lipinski definition) is 4. The van der Waals surface area contributed by atoms with Gasteiger partial charge in [0.05, 0.1) is 9.65 Å². The van der Waals surface area contributed by atoms with Gasteiger partial charge in [-0.15, -0.1) is 0 Å². The van der Waals surface area contributed by atoms with Gasteiger partial charge < -0.3 is 9.47 Å². The molecule has 1 aliphatic rings. The Labute approximate surface area is 130 Å². The first-order chi connectivity index (χ1) is 7.82. The number of carbonyl (C=O) groups excluding carboxylic acids is 2. The van der Waals surface area contributed by atoms with E-state index in [-0.39, 0.29) is 9.65 Å². The highest BCUT2D eigenvalue weighted by atomic mass is 127. The molecular weight excluding hydrogens is 471 g/mol. The summed E-state index contributed by atoms with van der Waals surface area (Å²) in [6, 6.07) is 0. The highest BCUT2D eigenvalue weighted by Crippen LogP contribution is 2.36. The van der Waals surface area contributed by atoms with Crippen molar-refractivity contribution in [1.82, 2.24) is 0 Å².